The number of fused-ring (bicyclic) bond motifs is 1. The number of hydrogen-bond donors (Lipinski definition) is 1. The Labute approximate surface area is 77.1 Å². The van der Waals surface area contributed by atoms with Crippen LogP contribution in [0.2, 0.25) is 0 Å². The molecule has 0 spiro atoms. The molecule has 2 rings (SSSR count). The molecule has 0 saturated heterocycles. The van der Waals surface area contributed by atoms with Crippen LogP contribution in [0.1, 0.15) is 17.5 Å². The van der Waals surface area contributed by atoms with Crippen LogP contribution in [-0.2, 0) is 6.42 Å². The third kappa shape index (κ3) is 1.38. The standard InChI is InChI=1S/C11H12FN/c12-10-3-1-2-8-4-5-9(6-7-13)11(8)10/h1-3,5H,4,6-7,13H2. The predicted molar refractivity (Wildman–Crippen MR) is 51.8 cm³/mol. The predicted octanol–water partition coefficient (Wildman–Crippen LogP) is 2.11. The molecule has 1 aromatic rings. The molecule has 0 radical (unpaired) electrons. The minimum atomic E-state index is -0.116. The Hall–Kier alpha value is -1.15. The van der Waals surface area contributed by atoms with Gasteiger partial charge in [0, 0.05) is 5.56 Å². The maximum absolute atomic E-state index is 13.4. The molecule has 0 aliphatic heterocycles. The second kappa shape index (κ2) is 3.30. The van der Waals surface area contributed by atoms with E-state index >= 15 is 0 Å². The van der Waals surface area contributed by atoms with Gasteiger partial charge in [0.15, 0.2) is 0 Å². The lowest BCUT2D eigenvalue weighted by molar-refractivity contribution is 0.622. The highest BCUT2D eigenvalue weighted by molar-refractivity contribution is 5.73. The van der Waals surface area contributed by atoms with Gasteiger partial charge >= 0.3 is 0 Å². The third-order valence-corrected chi connectivity index (χ3v) is 2.40. The van der Waals surface area contributed by atoms with Gasteiger partial charge in [0.25, 0.3) is 0 Å². The zero-order chi connectivity index (χ0) is 9.26. The number of allylic oxidation sites excluding steroid dienone is 1. The van der Waals surface area contributed by atoms with Crippen molar-refractivity contribution in [2.45, 2.75) is 12.8 Å². The van der Waals surface area contributed by atoms with Gasteiger partial charge in [0.1, 0.15) is 5.82 Å². The van der Waals surface area contributed by atoms with E-state index in [-0.39, 0.29) is 5.82 Å². The Bertz CT molecular complexity index is 355. The highest BCUT2D eigenvalue weighted by Gasteiger charge is 2.16. The zero-order valence-corrected chi connectivity index (χ0v) is 7.39. The summed E-state index contributed by atoms with van der Waals surface area (Å²) in [5.41, 5.74) is 8.39. The first-order valence-electron chi connectivity index (χ1n) is 4.50. The average Bonchev–Trinajstić information content (AvgIpc) is 2.51. The quantitative estimate of drug-likeness (QED) is 0.735. The summed E-state index contributed by atoms with van der Waals surface area (Å²) in [7, 11) is 0. The number of halogens is 1. The van der Waals surface area contributed by atoms with Gasteiger partial charge in [-0.3, -0.25) is 0 Å². The summed E-state index contributed by atoms with van der Waals surface area (Å²) < 4.78 is 13.4. The number of rotatable bonds is 2. The van der Waals surface area contributed by atoms with E-state index in [9.17, 15) is 4.39 Å². The molecule has 68 valence electrons. The smallest absolute Gasteiger partial charge is 0.130 e. The van der Waals surface area contributed by atoms with Crippen LogP contribution in [0.3, 0.4) is 0 Å². The molecule has 0 aromatic heterocycles. The molecule has 2 heteroatoms. The number of nitrogens with two attached hydrogens (primary N) is 1. The van der Waals surface area contributed by atoms with Gasteiger partial charge in [-0.1, -0.05) is 18.2 Å². The molecule has 0 fully saturated rings. The first-order valence-corrected chi connectivity index (χ1v) is 4.50. The monoisotopic (exact) mass is 177 g/mol. The van der Waals surface area contributed by atoms with E-state index in [0.717, 1.165) is 29.5 Å². The maximum Gasteiger partial charge on any atom is 0.130 e. The van der Waals surface area contributed by atoms with E-state index in [1.807, 2.05) is 6.07 Å². The second-order valence-corrected chi connectivity index (χ2v) is 3.25. The SMILES string of the molecule is NCCC1=CCc2cccc(F)c21. The van der Waals surface area contributed by atoms with Crippen molar-refractivity contribution in [1.29, 1.82) is 0 Å². The van der Waals surface area contributed by atoms with Gasteiger partial charge in [0.05, 0.1) is 0 Å². The van der Waals surface area contributed by atoms with E-state index < -0.39 is 0 Å². The first kappa shape index (κ1) is 8.45. The van der Waals surface area contributed by atoms with E-state index in [1.165, 1.54) is 6.07 Å². The summed E-state index contributed by atoms with van der Waals surface area (Å²) >= 11 is 0. The average molecular weight is 177 g/mol. The fraction of sp³-hybridized carbons (Fsp3) is 0.273. The van der Waals surface area contributed by atoms with Crippen molar-refractivity contribution < 1.29 is 4.39 Å². The Morgan fingerprint density at radius 2 is 2.23 bits per heavy atom. The molecule has 2 N–H and O–H groups in total. The summed E-state index contributed by atoms with van der Waals surface area (Å²) in [5, 5.41) is 0. The van der Waals surface area contributed by atoms with Crippen molar-refractivity contribution in [3.05, 3.63) is 41.2 Å². The lowest BCUT2D eigenvalue weighted by atomic mass is 10.0. The van der Waals surface area contributed by atoms with Gasteiger partial charge in [-0.05, 0) is 36.6 Å². The third-order valence-electron chi connectivity index (χ3n) is 2.40. The van der Waals surface area contributed by atoms with Crippen molar-refractivity contribution in [3.8, 4) is 0 Å². The second-order valence-electron chi connectivity index (χ2n) is 3.25. The minimum absolute atomic E-state index is 0.116. The molecular formula is C11H12FN. The molecule has 13 heavy (non-hydrogen) atoms. The van der Waals surface area contributed by atoms with Gasteiger partial charge in [-0.2, -0.15) is 0 Å². The van der Waals surface area contributed by atoms with Crippen LogP contribution in [0, 0.1) is 5.82 Å². The summed E-state index contributed by atoms with van der Waals surface area (Å²) in [6.07, 6.45) is 3.69. The number of benzene rings is 1. The van der Waals surface area contributed by atoms with Crippen molar-refractivity contribution >= 4 is 5.57 Å². The lowest BCUT2D eigenvalue weighted by Crippen LogP contribution is -2.00. The Kier molecular flexibility index (Phi) is 2.15. The summed E-state index contributed by atoms with van der Waals surface area (Å²) in [6.45, 7) is 0.583. The van der Waals surface area contributed by atoms with E-state index in [4.69, 9.17) is 5.73 Å². The lowest BCUT2D eigenvalue weighted by Gasteiger charge is -2.05. The van der Waals surface area contributed by atoms with E-state index in [0.29, 0.717) is 6.54 Å². The Morgan fingerprint density at radius 3 is 3.00 bits per heavy atom. The molecule has 0 atom stereocenters. The first-order chi connectivity index (χ1) is 6.33. The molecule has 0 unspecified atom stereocenters. The van der Waals surface area contributed by atoms with Crippen LogP contribution in [-0.4, -0.2) is 6.54 Å². The van der Waals surface area contributed by atoms with Crippen LogP contribution in [0.15, 0.2) is 24.3 Å². The van der Waals surface area contributed by atoms with Crippen LogP contribution in [0.4, 0.5) is 4.39 Å². The number of hydrogen-bond acceptors (Lipinski definition) is 1. The minimum Gasteiger partial charge on any atom is -0.330 e. The normalized spacial score (nSPS) is 14.2. The zero-order valence-electron chi connectivity index (χ0n) is 7.39. The molecule has 0 amide bonds. The molecule has 1 aromatic carbocycles. The summed E-state index contributed by atoms with van der Waals surface area (Å²) in [6, 6.07) is 5.24. The largest absolute Gasteiger partial charge is 0.330 e. The maximum atomic E-state index is 13.4. The Morgan fingerprint density at radius 1 is 1.38 bits per heavy atom. The topological polar surface area (TPSA) is 26.0 Å². The van der Waals surface area contributed by atoms with Gasteiger partial charge in [0.2, 0.25) is 0 Å². The van der Waals surface area contributed by atoms with Crippen LogP contribution < -0.4 is 5.73 Å². The van der Waals surface area contributed by atoms with Gasteiger partial charge in [-0.15, -0.1) is 0 Å². The van der Waals surface area contributed by atoms with Crippen molar-refractivity contribution in [3.63, 3.8) is 0 Å². The molecular weight excluding hydrogens is 165 g/mol. The van der Waals surface area contributed by atoms with E-state index in [2.05, 4.69) is 6.08 Å². The molecule has 1 aliphatic rings. The molecule has 1 nitrogen and oxygen atoms in total. The summed E-state index contributed by atoms with van der Waals surface area (Å²) in [5.74, 6) is -0.116. The van der Waals surface area contributed by atoms with E-state index in [1.54, 1.807) is 6.07 Å². The van der Waals surface area contributed by atoms with Crippen molar-refractivity contribution in [2.75, 3.05) is 6.54 Å². The summed E-state index contributed by atoms with van der Waals surface area (Å²) in [4.78, 5) is 0. The highest BCUT2D eigenvalue weighted by atomic mass is 19.1. The van der Waals surface area contributed by atoms with Gasteiger partial charge < -0.3 is 5.73 Å². The highest BCUT2D eigenvalue weighted by Crippen LogP contribution is 2.31. The van der Waals surface area contributed by atoms with Crippen molar-refractivity contribution in [2.24, 2.45) is 5.73 Å². The van der Waals surface area contributed by atoms with Gasteiger partial charge in [-0.25, -0.2) is 4.39 Å². The molecule has 1 aliphatic carbocycles. The van der Waals surface area contributed by atoms with Crippen molar-refractivity contribution in [1.82, 2.24) is 0 Å². The molecule has 0 saturated carbocycles. The Balaban J connectivity index is 2.42. The van der Waals surface area contributed by atoms with Crippen LogP contribution in [0.5, 0.6) is 0 Å². The molecule has 0 heterocycles. The van der Waals surface area contributed by atoms with Crippen LogP contribution in [0.25, 0.3) is 5.57 Å². The fourth-order valence-corrected chi connectivity index (χ4v) is 1.82. The fourth-order valence-electron chi connectivity index (χ4n) is 1.82. The molecule has 0 bridgehead atoms. The van der Waals surface area contributed by atoms with Crippen LogP contribution >= 0.6 is 0 Å².